The van der Waals surface area contributed by atoms with Gasteiger partial charge >= 0.3 is 5.97 Å². The zero-order valence-corrected chi connectivity index (χ0v) is 20.7. The molecule has 8 nitrogen and oxygen atoms in total. The molecule has 0 aliphatic heterocycles. The van der Waals surface area contributed by atoms with Gasteiger partial charge in [0.15, 0.2) is 6.61 Å². The average Bonchev–Trinajstić information content (AvgIpc) is 2.87. The largest absolute Gasteiger partial charge is 0.481 e. The van der Waals surface area contributed by atoms with Crippen LogP contribution in [0.5, 0.6) is 5.75 Å². The topological polar surface area (TPSA) is 117 Å². The maximum atomic E-state index is 14.2. The molecule has 1 N–H and O–H groups in total. The van der Waals surface area contributed by atoms with E-state index in [1.807, 2.05) is 6.07 Å². The van der Waals surface area contributed by atoms with Gasteiger partial charge in [0.2, 0.25) is 10.0 Å². The Hall–Kier alpha value is -3.85. The number of hydrogen-bond acceptors (Lipinski definition) is 6. The highest BCUT2D eigenvalue weighted by molar-refractivity contribution is 7.89. The van der Waals surface area contributed by atoms with Crippen LogP contribution < -0.4 is 4.74 Å². The van der Waals surface area contributed by atoms with E-state index in [1.54, 1.807) is 12.1 Å². The number of rotatable bonds is 12. The SMILES string of the molecule is COCCCN(Cc1ccc(OCC(=O)O)c(-c2cc(F)cc(C#N)c2)c1)S(=O)(=O)c1ccc(F)cc1. The average molecular weight is 531 g/mol. The predicted molar refractivity (Wildman–Crippen MR) is 130 cm³/mol. The van der Waals surface area contributed by atoms with Crippen molar-refractivity contribution in [3.63, 3.8) is 0 Å². The molecule has 0 atom stereocenters. The smallest absolute Gasteiger partial charge is 0.341 e. The van der Waals surface area contributed by atoms with Crippen molar-refractivity contribution in [2.24, 2.45) is 0 Å². The maximum Gasteiger partial charge on any atom is 0.341 e. The van der Waals surface area contributed by atoms with Crippen molar-refractivity contribution in [2.45, 2.75) is 17.9 Å². The van der Waals surface area contributed by atoms with E-state index >= 15 is 0 Å². The summed E-state index contributed by atoms with van der Waals surface area (Å²) in [6.07, 6.45) is 0.388. The molecule has 194 valence electrons. The van der Waals surface area contributed by atoms with Gasteiger partial charge in [0.05, 0.1) is 16.5 Å². The van der Waals surface area contributed by atoms with Crippen LogP contribution in [0.2, 0.25) is 0 Å². The van der Waals surface area contributed by atoms with Gasteiger partial charge < -0.3 is 14.6 Å². The normalized spacial score (nSPS) is 11.3. The lowest BCUT2D eigenvalue weighted by atomic mass is 9.99. The lowest BCUT2D eigenvalue weighted by Gasteiger charge is -2.23. The number of halogens is 2. The summed E-state index contributed by atoms with van der Waals surface area (Å²) in [5.74, 6) is -2.35. The van der Waals surface area contributed by atoms with E-state index in [2.05, 4.69) is 0 Å². The summed E-state index contributed by atoms with van der Waals surface area (Å²) in [5.41, 5.74) is 1.07. The first-order chi connectivity index (χ1) is 17.6. The third kappa shape index (κ3) is 7.33. The van der Waals surface area contributed by atoms with Crippen LogP contribution in [-0.2, 0) is 26.1 Å². The summed E-state index contributed by atoms with van der Waals surface area (Å²) in [6, 6.07) is 14.6. The van der Waals surface area contributed by atoms with Crippen molar-refractivity contribution in [3.8, 4) is 22.9 Å². The zero-order valence-electron chi connectivity index (χ0n) is 19.9. The lowest BCUT2D eigenvalue weighted by molar-refractivity contribution is -0.139. The molecule has 0 unspecified atom stereocenters. The summed E-state index contributed by atoms with van der Waals surface area (Å²) in [7, 11) is -2.53. The number of hydrogen-bond donors (Lipinski definition) is 1. The van der Waals surface area contributed by atoms with Gasteiger partial charge in [-0.25, -0.2) is 22.0 Å². The van der Waals surface area contributed by atoms with Gasteiger partial charge in [-0.15, -0.1) is 0 Å². The van der Waals surface area contributed by atoms with Crippen LogP contribution in [0, 0.1) is 23.0 Å². The van der Waals surface area contributed by atoms with Crippen molar-refractivity contribution in [1.29, 1.82) is 5.26 Å². The van der Waals surface area contributed by atoms with Crippen molar-refractivity contribution in [3.05, 3.63) is 83.4 Å². The summed E-state index contributed by atoms with van der Waals surface area (Å²) < 4.78 is 65.9. The number of benzene rings is 3. The van der Waals surface area contributed by atoms with E-state index in [0.717, 1.165) is 18.2 Å². The van der Waals surface area contributed by atoms with Crippen molar-refractivity contribution >= 4 is 16.0 Å². The number of sulfonamides is 1. The van der Waals surface area contributed by atoms with Crippen LogP contribution in [0.25, 0.3) is 11.1 Å². The third-order valence-electron chi connectivity index (χ3n) is 5.30. The molecule has 0 fully saturated rings. The maximum absolute atomic E-state index is 14.2. The quantitative estimate of drug-likeness (QED) is 0.349. The molecule has 0 spiro atoms. The van der Waals surface area contributed by atoms with E-state index in [-0.39, 0.29) is 40.4 Å². The van der Waals surface area contributed by atoms with Gasteiger partial charge in [0.1, 0.15) is 17.4 Å². The van der Waals surface area contributed by atoms with Crippen molar-refractivity contribution in [2.75, 3.05) is 26.9 Å². The number of nitrogens with zero attached hydrogens (tertiary/aromatic N) is 2. The van der Waals surface area contributed by atoms with Crippen LogP contribution in [-0.4, -0.2) is 50.7 Å². The second-order valence-electron chi connectivity index (χ2n) is 7.99. The number of carboxylic acid groups (broad SMARTS) is 1. The molecule has 0 amide bonds. The monoisotopic (exact) mass is 530 g/mol. The molecule has 37 heavy (non-hydrogen) atoms. The molecule has 11 heteroatoms. The molecule has 0 saturated carbocycles. The lowest BCUT2D eigenvalue weighted by Crippen LogP contribution is -2.32. The van der Waals surface area contributed by atoms with Crippen LogP contribution in [0.4, 0.5) is 8.78 Å². The second-order valence-corrected chi connectivity index (χ2v) is 9.93. The van der Waals surface area contributed by atoms with Crippen LogP contribution in [0.3, 0.4) is 0 Å². The molecule has 0 aliphatic carbocycles. The Balaban J connectivity index is 2.04. The van der Waals surface area contributed by atoms with E-state index in [1.165, 1.54) is 41.7 Å². The molecule has 0 heterocycles. The van der Waals surface area contributed by atoms with Gasteiger partial charge in [-0.05, 0) is 72.1 Å². The summed E-state index contributed by atoms with van der Waals surface area (Å²) in [4.78, 5) is 11.0. The molecule has 0 aliphatic rings. The molecule has 3 rings (SSSR count). The fourth-order valence-electron chi connectivity index (χ4n) is 3.60. The molecule has 3 aromatic carbocycles. The molecule has 0 bridgehead atoms. The van der Waals surface area contributed by atoms with Crippen LogP contribution in [0.15, 0.2) is 65.6 Å². The summed E-state index contributed by atoms with van der Waals surface area (Å²) in [6.45, 7) is -0.355. The van der Waals surface area contributed by atoms with E-state index < -0.39 is 34.2 Å². The minimum atomic E-state index is -4.02. The molecular formula is C26H24F2N2O6S. The molecule has 0 saturated heterocycles. The first-order valence-corrected chi connectivity index (χ1v) is 12.5. The van der Waals surface area contributed by atoms with Crippen molar-refractivity contribution in [1.82, 2.24) is 4.31 Å². The van der Waals surface area contributed by atoms with Gasteiger partial charge in [-0.2, -0.15) is 9.57 Å². The second kappa shape index (κ2) is 12.4. The van der Waals surface area contributed by atoms with E-state index in [9.17, 15) is 27.3 Å². The highest BCUT2D eigenvalue weighted by Gasteiger charge is 2.25. The Morgan fingerprint density at radius 3 is 2.43 bits per heavy atom. The van der Waals surface area contributed by atoms with Crippen molar-refractivity contribution < 1.29 is 36.6 Å². The summed E-state index contributed by atoms with van der Waals surface area (Å²) in [5, 5.41) is 18.3. The molecular weight excluding hydrogens is 506 g/mol. The first-order valence-electron chi connectivity index (χ1n) is 11.1. The van der Waals surface area contributed by atoms with Gasteiger partial charge in [0.25, 0.3) is 0 Å². The number of ether oxygens (including phenoxy) is 2. The van der Waals surface area contributed by atoms with Crippen LogP contribution in [0.1, 0.15) is 17.5 Å². The Bertz CT molecular complexity index is 1410. The molecule has 0 radical (unpaired) electrons. The van der Waals surface area contributed by atoms with E-state index in [0.29, 0.717) is 18.6 Å². The third-order valence-corrected chi connectivity index (χ3v) is 7.16. The standard InChI is InChI=1S/C26H24F2N2O6S/c1-35-10-2-9-30(37(33,34)23-6-4-21(27)5-7-23)16-18-3-8-25(36-17-26(31)32)24(13-18)20-11-19(15-29)12-22(28)14-20/h3-8,11-14H,2,9-10,16-17H2,1H3,(H,31,32). The molecule has 0 aromatic heterocycles. The number of carbonyl (C=O) groups is 1. The Kier molecular flexibility index (Phi) is 9.30. The highest BCUT2D eigenvalue weighted by atomic mass is 32.2. The Morgan fingerprint density at radius 2 is 1.78 bits per heavy atom. The first kappa shape index (κ1) is 27.7. The number of aliphatic carboxylic acids is 1. The number of methoxy groups -OCH3 is 1. The van der Waals surface area contributed by atoms with Gasteiger partial charge in [0, 0.05) is 32.4 Å². The highest BCUT2D eigenvalue weighted by Crippen LogP contribution is 2.33. The van der Waals surface area contributed by atoms with Gasteiger partial charge in [-0.1, -0.05) is 6.07 Å². The van der Waals surface area contributed by atoms with Crippen LogP contribution >= 0.6 is 0 Å². The van der Waals surface area contributed by atoms with Gasteiger partial charge in [-0.3, -0.25) is 0 Å². The number of nitriles is 1. The number of carboxylic acids is 1. The minimum absolute atomic E-state index is 0.0460. The minimum Gasteiger partial charge on any atom is -0.481 e. The summed E-state index contributed by atoms with van der Waals surface area (Å²) >= 11 is 0. The fourth-order valence-corrected chi connectivity index (χ4v) is 5.07. The predicted octanol–water partition coefficient (Wildman–Crippen LogP) is 4.19. The van der Waals surface area contributed by atoms with E-state index in [4.69, 9.17) is 14.6 Å². The zero-order chi connectivity index (χ0) is 27.0. The fraction of sp³-hybridized carbons (Fsp3) is 0.231. The molecule has 3 aromatic rings. The Morgan fingerprint density at radius 1 is 1.05 bits per heavy atom. The Labute approximate surface area is 213 Å².